The summed E-state index contributed by atoms with van der Waals surface area (Å²) in [4.78, 5) is 45.8. The predicted octanol–water partition coefficient (Wildman–Crippen LogP) is 5.10. The van der Waals surface area contributed by atoms with Crippen molar-refractivity contribution in [2.75, 3.05) is 43.4 Å². The lowest BCUT2D eigenvalue weighted by Crippen LogP contribution is -2.43. The highest BCUT2D eigenvalue weighted by Gasteiger charge is 2.25. The summed E-state index contributed by atoms with van der Waals surface area (Å²) in [7, 11) is 0. The molecule has 0 spiro atoms. The number of benzene rings is 2. The zero-order chi connectivity index (χ0) is 28.4. The molecular weight excluding hydrogens is 520 g/mol. The van der Waals surface area contributed by atoms with Crippen LogP contribution < -0.4 is 20.7 Å². The van der Waals surface area contributed by atoms with E-state index in [-0.39, 0.29) is 12.5 Å². The minimum atomic E-state index is -0.607. The van der Waals surface area contributed by atoms with Gasteiger partial charge in [-0.3, -0.25) is 15.4 Å². The third kappa shape index (κ3) is 8.52. The number of anilines is 2. The van der Waals surface area contributed by atoms with Gasteiger partial charge in [0.1, 0.15) is 17.3 Å². The van der Waals surface area contributed by atoms with Gasteiger partial charge in [0, 0.05) is 37.6 Å². The van der Waals surface area contributed by atoms with Crippen molar-refractivity contribution < 1.29 is 19.1 Å². The fourth-order valence-corrected chi connectivity index (χ4v) is 5.24. The van der Waals surface area contributed by atoms with Crippen molar-refractivity contribution in [2.24, 2.45) is 5.92 Å². The number of hydrogen-bond donors (Lipinski definition) is 3. The van der Waals surface area contributed by atoms with Crippen LogP contribution in [-0.4, -0.2) is 65.5 Å². The van der Waals surface area contributed by atoms with Crippen LogP contribution in [0.2, 0.25) is 0 Å². The number of aromatic nitrogens is 1. The summed E-state index contributed by atoms with van der Waals surface area (Å²) in [5.74, 6) is 1.74. The van der Waals surface area contributed by atoms with Crippen molar-refractivity contribution in [3.05, 3.63) is 78.5 Å². The molecule has 214 valence electrons. The molecule has 2 aliphatic heterocycles. The second kappa shape index (κ2) is 13.8. The molecule has 0 saturated carbocycles. The van der Waals surface area contributed by atoms with E-state index in [0.717, 1.165) is 38.0 Å². The van der Waals surface area contributed by atoms with Gasteiger partial charge in [-0.1, -0.05) is 30.3 Å². The average molecular weight is 557 g/mol. The van der Waals surface area contributed by atoms with Gasteiger partial charge in [0.25, 0.3) is 0 Å². The maximum absolute atomic E-state index is 12.8. The summed E-state index contributed by atoms with van der Waals surface area (Å²) in [5, 5.41) is 7.86. The van der Waals surface area contributed by atoms with Gasteiger partial charge in [-0.05, 0) is 80.6 Å². The van der Waals surface area contributed by atoms with Crippen molar-refractivity contribution in [1.29, 1.82) is 0 Å². The maximum atomic E-state index is 12.8. The Kier molecular flexibility index (Phi) is 9.43. The van der Waals surface area contributed by atoms with Crippen LogP contribution >= 0.6 is 0 Å². The molecular formula is C31H36N6O4. The van der Waals surface area contributed by atoms with Crippen LogP contribution in [0, 0.1) is 5.92 Å². The lowest BCUT2D eigenvalue weighted by atomic mass is 9.96. The van der Waals surface area contributed by atoms with E-state index < -0.39 is 11.9 Å². The summed E-state index contributed by atoms with van der Waals surface area (Å²) in [5.41, 5.74) is 1.33. The first-order chi connectivity index (χ1) is 20.0. The van der Waals surface area contributed by atoms with E-state index >= 15 is 0 Å². The Bertz CT molecular complexity index is 1320. The zero-order valence-corrected chi connectivity index (χ0v) is 23.1. The number of carbonyl (C=O) groups excluding carboxylic acids is 3. The highest BCUT2D eigenvalue weighted by Crippen LogP contribution is 2.25. The molecule has 2 fully saturated rings. The Morgan fingerprint density at radius 2 is 1.59 bits per heavy atom. The Labute approximate surface area is 240 Å². The molecule has 0 bridgehead atoms. The number of amides is 5. The van der Waals surface area contributed by atoms with E-state index in [1.807, 2.05) is 35.2 Å². The molecule has 1 aromatic heterocycles. The summed E-state index contributed by atoms with van der Waals surface area (Å²) in [6.07, 6.45) is 6.36. The molecule has 0 unspecified atom stereocenters. The normalized spacial score (nSPS) is 15.8. The van der Waals surface area contributed by atoms with Gasteiger partial charge in [-0.2, -0.15) is 0 Å². The van der Waals surface area contributed by atoms with Crippen molar-refractivity contribution in [3.63, 3.8) is 0 Å². The second-order valence-corrected chi connectivity index (χ2v) is 10.5. The number of imide groups is 1. The van der Waals surface area contributed by atoms with Gasteiger partial charge in [-0.25, -0.2) is 14.6 Å². The molecule has 0 atom stereocenters. The summed E-state index contributed by atoms with van der Waals surface area (Å²) >= 11 is 0. The van der Waals surface area contributed by atoms with Gasteiger partial charge in [-0.15, -0.1) is 0 Å². The molecule has 5 rings (SSSR count). The topological polar surface area (TPSA) is 116 Å². The van der Waals surface area contributed by atoms with Crippen molar-refractivity contribution in [1.82, 2.24) is 20.1 Å². The lowest BCUT2D eigenvalue weighted by Gasteiger charge is -2.33. The number of hydrogen-bond acceptors (Lipinski definition) is 6. The number of urea groups is 2. The maximum Gasteiger partial charge on any atom is 0.325 e. The molecule has 0 aliphatic carbocycles. The third-order valence-corrected chi connectivity index (χ3v) is 7.39. The number of nitrogens with one attached hydrogen (secondary N) is 3. The minimum Gasteiger partial charge on any atom is -0.457 e. The lowest BCUT2D eigenvalue weighted by molar-refractivity contribution is -0.119. The van der Waals surface area contributed by atoms with E-state index in [0.29, 0.717) is 28.9 Å². The SMILES string of the molecule is O=C(Cc1ccccc1)NC(=O)Nc1ccc(Oc2ccnc(NC(=O)N3CCC(CN4CCCC4)CC3)c2)cc1. The fraction of sp³-hybridized carbons (Fsp3) is 0.355. The molecule has 2 saturated heterocycles. The molecule has 10 nitrogen and oxygen atoms in total. The van der Waals surface area contributed by atoms with Crippen LogP contribution in [-0.2, 0) is 11.2 Å². The van der Waals surface area contributed by atoms with Gasteiger partial charge in [0.15, 0.2) is 0 Å². The van der Waals surface area contributed by atoms with E-state index in [4.69, 9.17) is 4.74 Å². The fourth-order valence-electron chi connectivity index (χ4n) is 5.24. The Hall–Kier alpha value is -4.44. The van der Waals surface area contributed by atoms with Gasteiger partial charge in [0.2, 0.25) is 5.91 Å². The summed E-state index contributed by atoms with van der Waals surface area (Å²) in [6, 6.07) is 18.6. The van der Waals surface area contributed by atoms with E-state index in [2.05, 4.69) is 25.8 Å². The molecule has 3 heterocycles. The number of likely N-dealkylation sites (tertiary alicyclic amines) is 2. The number of rotatable bonds is 8. The number of pyridine rings is 1. The quantitative estimate of drug-likeness (QED) is 0.355. The molecule has 2 aromatic carbocycles. The molecule has 2 aliphatic rings. The van der Waals surface area contributed by atoms with Crippen molar-refractivity contribution in [3.8, 4) is 11.5 Å². The number of carbonyl (C=O) groups is 3. The second-order valence-electron chi connectivity index (χ2n) is 10.5. The predicted molar refractivity (Wildman–Crippen MR) is 157 cm³/mol. The molecule has 10 heteroatoms. The first-order valence-electron chi connectivity index (χ1n) is 14.2. The number of ether oxygens (including phenoxy) is 1. The number of piperidine rings is 1. The van der Waals surface area contributed by atoms with Crippen LogP contribution in [0.1, 0.15) is 31.2 Å². The molecule has 3 aromatic rings. The molecule has 41 heavy (non-hydrogen) atoms. The van der Waals surface area contributed by atoms with Gasteiger partial charge < -0.3 is 19.9 Å². The van der Waals surface area contributed by atoms with E-state index in [9.17, 15) is 14.4 Å². The smallest absolute Gasteiger partial charge is 0.325 e. The van der Waals surface area contributed by atoms with Gasteiger partial charge in [0.05, 0.1) is 6.42 Å². The Morgan fingerprint density at radius 3 is 2.32 bits per heavy atom. The van der Waals surface area contributed by atoms with Crippen molar-refractivity contribution in [2.45, 2.75) is 32.1 Å². The van der Waals surface area contributed by atoms with Crippen LogP contribution in [0.15, 0.2) is 72.9 Å². The monoisotopic (exact) mass is 556 g/mol. The number of nitrogens with zero attached hydrogens (tertiary/aromatic N) is 3. The van der Waals surface area contributed by atoms with Crippen LogP contribution in [0.25, 0.3) is 0 Å². The first kappa shape index (κ1) is 28.1. The summed E-state index contributed by atoms with van der Waals surface area (Å²) in [6.45, 7) is 5.07. The molecule has 5 amide bonds. The van der Waals surface area contributed by atoms with E-state index in [1.165, 1.54) is 25.9 Å². The molecule has 0 radical (unpaired) electrons. The van der Waals surface area contributed by atoms with E-state index in [1.54, 1.807) is 42.6 Å². The third-order valence-electron chi connectivity index (χ3n) is 7.39. The largest absolute Gasteiger partial charge is 0.457 e. The highest BCUT2D eigenvalue weighted by molar-refractivity contribution is 6.01. The van der Waals surface area contributed by atoms with Crippen LogP contribution in [0.3, 0.4) is 0 Å². The zero-order valence-electron chi connectivity index (χ0n) is 23.1. The summed E-state index contributed by atoms with van der Waals surface area (Å²) < 4.78 is 5.92. The standard InChI is InChI=1S/C31H36N6O4/c38-29(20-23-6-2-1-3-7-23)35-30(39)33-25-8-10-26(11-9-25)41-27-12-15-32-28(21-27)34-31(40)37-18-13-24(14-19-37)22-36-16-4-5-17-36/h1-3,6-12,15,21,24H,4-5,13-14,16-20,22H2,(H,32,34,40)(H2,33,35,38,39). The Morgan fingerprint density at radius 1 is 0.854 bits per heavy atom. The minimum absolute atomic E-state index is 0.118. The van der Waals surface area contributed by atoms with Crippen molar-refractivity contribution >= 4 is 29.5 Å². The molecule has 3 N–H and O–H groups in total. The Balaban J connectivity index is 1.06. The van der Waals surface area contributed by atoms with Gasteiger partial charge >= 0.3 is 12.1 Å². The van der Waals surface area contributed by atoms with Crippen LogP contribution in [0.4, 0.5) is 21.1 Å². The highest BCUT2D eigenvalue weighted by atomic mass is 16.5. The first-order valence-corrected chi connectivity index (χ1v) is 14.2. The van der Waals surface area contributed by atoms with Crippen LogP contribution in [0.5, 0.6) is 11.5 Å². The average Bonchev–Trinajstić information content (AvgIpc) is 3.48.